The Labute approximate surface area is 483 Å². The van der Waals surface area contributed by atoms with Crippen molar-refractivity contribution in [1.29, 1.82) is 0 Å². The second kappa shape index (κ2) is 28.9. The van der Waals surface area contributed by atoms with Crippen LogP contribution in [0.2, 0.25) is 0 Å². The molecule has 7 N–H and O–H groups in total. The monoisotopic (exact) mass is 1120 g/mol. The lowest BCUT2D eigenvalue weighted by Crippen LogP contribution is -2.61. The van der Waals surface area contributed by atoms with Crippen LogP contribution in [0, 0.1) is 29.1 Å². The summed E-state index contributed by atoms with van der Waals surface area (Å²) in [5.74, 6) is 2.71. The van der Waals surface area contributed by atoms with Crippen LogP contribution in [0.4, 0.5) is 21.9 Å². The second-order valence-corrected chi connectivity index (χ2v) is 23.2. The molecule has 0 radical (unpaired) electrons. The van der Waals surface area contributed by atoms with Gasteiger partial charge in [0.25, 0.3) is 0 Å². The highest BCUT2D eigenvalue weighted by Crippen LogP contribution is 2.32. The number of anilines is 3. The molecule has 4 aromatic carbocycles. The van der Waals surface area contributed by atoms with Gasteiger partial charge in [0.1, 0.15) is 24.7 Å². The summed E-state index contributed by atoms with van der Waals surface area (Å²) in [6.45, 7) is 20.0. The van der Waals surface area contributed by atoms with Crippen LogP contribution in [0.1, 0.15) is 130 Å². The fraction of sp³-hybridized carbons (Fsp3) is 0.438. The van der Waals surface area contributed by atoms with Crippen molar-refractivity contribution in [1.82, 2.24) is 26.2 Å². The number of hydrogen-bond donors (Lipinski definition) is 7. The number of aliphatic carboxylic acids is 1. The molecule has 82 heavy (non-hydrogen) atoms. The zero-order valence-corrected chi connectivity index (χ0v) is 49.6. The van der Waals surface area contributed by atoms with E-state index in [-0.39, 0.29) is 54.6 Å². The Morgan fingerprint density at radius 2 is 1.34 bits per heavy atom. The third-order valence-corrected chi connectivity index (χ3v) is 14.6. The first-order chi connectivity index (χ1) is 38.6. The number of carbonyl (C=O) groups excluding carboxylic acids is 7. The topological polar surface area (TPSA) is 245 Å². The van der Waals surface area contributed by atoms with Crippen molar-refractivity contribution in [2.45, 2.75) is 151 Å². The highest BCUT2D eigenvalue weighted by atomic mass is 16.5. The van der Waals surface area contributed by atoms with E-state index in [4.69, 9.17) is 4.74 Å². The van der Waals surface area contributed by atoms with Crippen LogP contribution < -0.4 is 36.8 Å². The number of carbonyl (C=O) groups is 8. The minimum absolute atomic E-state index is 0.0772. The Hall–Kier alpha value is -8.30. The number of carboxylic acid groups (broad SMARTS) is 1. The molecule has 0 aromatic heterocycles. The predicted octanol–water partition coefficient (Wildman–Crippen LogP) is 8.44. The first-order valence-electron chi connectivity index (χ1n) is 27.8. The highest BCUT2D eigenvalue weighted by molar-refractivity contribution is 5.99. The van der Waals surface area contributed by atoms with Gasteiger partial charge < -0.3 is 46.2 Å². The minimum Gasteiger partial charge on any atom is -0.478 e. The van der Waals surface area contributed by atoms with Crippen LogP contribution in [0.15, 0.2) is 109 Å². The van der Waals surface area contributed by atoms with Gasteiger partial charge in [-0.15, -0.1) is 0 Å². The average molecular weight is 1120 g/mol. The van der Waals surface area contributed by atoms with Crippen molar-refractivity contribution in [3.8, 4) is 11.8 Å². The average Bonchev–Trinajstić information content (AvgIpc) is 3.49. The SMILES string of the molecule is CN[C@H](C(=O)NC(C(=O)N(C)[C@H](/C=C(\C)C(=O)O)C(C)C)C(C)(C)C)C(C)(C)c1cccc(NC(=O)OCc2ccc(NC(=O)[C@H](C)NC(=O)C(NC(=O)CCCCC(=O)N3Cc4ccccc4C#Cc4ccccc43)C(C)C)cc2)c1. The zero-order chi connectivity index (χ0) is 60.6. The van der Waals surface area contributed by atoms with Gasteiger partial charge in [-0.3, -0.25) is 34.1 Å². The zero-order valence-electron chi connectivity index (χ0n) is 49.6. The number of hydrogen-bond acceptors (Lipinski definition) is 10. The van der Waals surface area contributed by atoms with Crippen molar-refractivity contribution in [3.63, 3.8) is 0 Å². The van der Waals surface area contributed by atoms with Gasteiger partial charge in [-0.25, -0.2) is 9.59 Å². The van der Waals surface area contributed by atoms with Crippen LogP contribution >= 0.6 is 0 Å². The van der Waals surface area contributed by atoms with Crippen LogP contribution in [-0.4, -0.2) is 102 Å². The molecular formula is C64H82N8O10. The quantitative estimate of drug-likeness (QED) is 0.0199. The smallest absolute Gasteiger partial charge is 0.411 e. The predicted molar refractivity (Wildman–Crippen MR) is 318 cm³/mol. The molecule has 0 saturated heterocycles. The summed E-state index contributed by atoms with van der Waals surface area (Å²) in [4.78, 5) is 110. The summed E-state index contributed by atoms with van der Waals surface area (Å²) in [5, 5.41) is 26.7. The van der Waals surface area contributed by atoms with Crippen LogP contribution in [0.3, 0.4) is 0 Å². The van der Waals surface area contributed by atoms with Crippen LogP contribution in [-0.2, 0) is 56.9 Å². The number of carboxylic acids is 1. The highest BCUT2D eigenvalue weighted by Gasteiger charge is 2.42. The Kier molecular flexibility index (Phi) is 22.7. The number of fused-ring (bicyclic) bond motifs is 2. The number of nitrogens with one attached hydrogen (secondary N) is 6. The summed E-state index contributed by atoms with van der Waals surface area (Å²) in [6.07, 6.45) is 2.03. The molecule has 18 heteroatoms. The number of rotatable bonds is 24. The molecule has 438 valence electrons. The van der Waals surface area contributed by atoms with E-state index in [2.05, 4.69) is 43.7 Å². The summed E-state index contributed by atoms with van der Waals surface area (Å²) >= 11 is 0. The summed E-state index contributed by atoms with van der Waals surface area (Å²) in [7, 11) is 3.26. The van der Waals surface area contributed by atoms with Crippen molar-refractivity contribution in [2.75, 3.05) is 29.6 Å². The van der Waals surface area contributed by atoms with E-state index >= 15 is 0 Å². The number of amides is 7. The number of benzene rings is 4. The van der Waals surface area contributed by atoms with Crippen molar-refractivity contribution in [3.05, 3.63) is 137 Å². The van der Waals surface area contributed by atoms with Gasteiger partial charge in [0.05, 0.1) is 24.3 Å². The molecule has 0 spiro atoms. The van der Waals surface area contributed by atoms with Crippen LogP contribution in [0.25, 0.3) is 0 Å². The van der Waals surface area contributed by atoms with E-state index in [9.17, 15) is 43.5 Å². The van der Waals surface area contributed by atoms with Crippen molar-refractivity contribution >= 4 is 64.6 Å². The number of nitrogens with zero attached hydrogens (tertiary/aromatic N) is 2. The van der Waals surface area contributed by atoms with E-state index < -0.39 is 70.8 Å². The lowest BCUT2D eigenvalue weighted by atomic mass is 9.76. The van der Waals surface area contributed by atoms with E-state index in [1.807, 2.05) is 103 Å². The fourth-order valence-electron chi connectivity index (χ4n) is 9.58. The number of ether oxygens (including phenoxy) is 1. The molecule has 0 fully saturated rings. The Balaban J connectivity index is 1.08. The molecule has 0 aliphatic carbocycles. The van der Waals surface area contributed by atoms with Crippen molar-refractivity contribution < 1.29 is 48.2 Å². The maximum absolute atomic E-state index is 14.2. The molecule has 18 nitrogen and oxygen atoms in total. The molecule has 2 unspecified atom stereocenters. The molecule has 5 rings (SSSR count). The van der Waals surface area contributed by atoms with Gasteiger partial charge in [-0.05, 0) is 110 Å². The Morgan fingerprint density at radius 3 is 1.98 bits per heavy atom. The third kappa shape index (κ3) is 17.6. The van der Waals surface area contributed by atoms with Gasteiger partial charge in [-0.1, -0.05) is 135 Å². The maximum Gasteiger partial charge on any atom is 0.411 e. The van der Waals surface area contributed by atoms with Gasteiger partial charge in [-0.2, -0.15) is 0 Å². The van der Waals surface area contributed by atoms with Gasteiger partial charge >= 0.3 is 12.1 Å². The van der Waals surface area contributed by atoms with Crippen LogP contribution in [0.5, 0.6) is 0 Å². The molecule has 0 saturated carbocycles. The van der Waals surface area contributed by atoms with E-state index in [0.29, 0.717) is 41.9 Å². The maximum atomic E-state index is 14.2. The van der Waals surface area contributed by atoms with E-state index in [0.717, 1.165) is 22.4 Å². The standard InChI is InChI=1S/C64H82N8O10/c1-39(2)51(35-41(5)61(79)80)71(13)60(78)56(63(7,8)9)70-59(77)55(65-12)64(10,11)47-24-20-25-49(36-47)68-62(81)82-38-43-29-33-48(34-30-43)67-57(75)42(6)66-58(76)54(40(3)4)69-52(73)27-18-19-28-53(74)72-37-46-23-15-14-21-44(46)31-32-45-22-16-17-26-50(45)72/h14-17,20-26,29-30,33-36,39-40,42,51,54-56,65H,18-19,27-28,37-38H2,1-13H3,(H,66,76)(H,67,75)(H,68,81)(H,69,73)(H,70,77)(H,79,80)/b41-35+/t42-,51+,54?,55+,56?/m0/s1. The van der Waals surface area contributed by atoms with Gasteiger partial charge in [0.2, 0.25) is 35.4 Å². The summed E-state index contributed by atoms with van der Waals surface area (Å²) in [5.41, 5.74) is 4.01. The molecule has 1 aliphatic rings. The third-order valence-electron chi connectivity index (χ3n) is 14.6. The second-order valence-electron chi connectivity index (χ2n) is 23.2. The Bertz CT molecular complexity index is 3060. The Morgan fingerprint density at radius 1 is 0.707 bits per heavy atom. The van der Waals surface area contributed by atoms with E-state index in [1.54, 1.807) is 81.4 Å². The normalized spacial score (nSPS) is 14.1. The number of likely N-dealkylation sites (N-methyl/N-ethyl adjacent to an activating group) is 2. The number of para-hydroxylation sites is 1. The molecule has 7 amide bonds. The lowest BCUT2D eigenvalue weighted by Gasteiger charge is -2.40. The first kappa shape index (κ1) is 64.5. The van der Waals surface area contributed by atoms with Crippen molar-refractivity contribution in [2.24, 2.45) is 17.3 Å². The minimum atomic E-state index is -1.08. The fourth-order valence-corrected chi connectivity index (χ4v) is 9.58. The van der Waals surface area contributed by atoms with Gasteiger partial charge in [0, 0.05) is 53.4 Å². The van der Waals surface area contributed by atoms with E-state index in [1.165, 1.54) is 18.7 Å². The molecule has 4 aromatic rings. The number of unbranched alkanes of at least 4 members (excludes halogenated alkanes) is 1. The first-order valence-corrected chi connectivity index (χ1v) is 27.8. The molecular weight excluding hydrogens is 1040 g/mol. The van der Waals surface area contributed by atoms with Gasteiger partial charge in [0.15, 0.2) is 0 Å². The molecule has 1 heterocycles. The summed E-state index contributed by atoms with van der Waals surface area (Å²) in [6, 6.07) is 24.7. The molecule has 5 atom stereocenters. The lowest BCUT2D eigenvalue weighted by molar-refractivity contribution is -0.141. The molecule has 1 aliphatic heterocycles. The summed E-state index contributed by atoms with van der Waals surface area (Å²) < 4.78 is 5.53. The largest absolute Gasteiger partial charge is 0.478 e. The molecule has 0 bridgehead atoms.